The first-order chi connectivity index (χ1) is 9.74. The van der Waals surface area contributed by atoms with Gasteiger partial charge in [-0.2, -0.15) is 17.5 Å². The maximum atomic E-state index is 12.5. The Bertz CT molecular complexity index is 615. The molecular weight excluding hydrogens is 311 g/mol. The third-order valence-electron chi connectivity index (χ3n) is 3.00. The van der Waals surface area contributed by atoms with Gasteiger partial charge < -0.3 is 9.84 Å². The Morgan fingerprint density at radius 2 is 2.05 bits per heavy atom. The maximum Gasteiger partial charge on any atom is 0.402 e. The molecule has 0 fully saturated rings. The van der Waals surface area contributed by atoms with Gasteiger partial charge in [-0.3, -0.25) is 0 Å². The van der Waals surface area contributed by atoms with E-state index in [1.54, 1.807) is 0 Å². The average molecular weight is 325 g/mol. The van der Waals surface area contributed by atoms with Gasteiger partial charge in [-0.05, 0) is 23.8 Å². The summed E-state index contributed by atoms with van der Waals surface area (Å²) in [6, 6.07) is 3.96. The SMILES string of the molecule is O=S(=O)(c1ccc2c(c1)CCO2)N(CCO)CC(F)(F)F. The highest BCUT2D eigenvalue weighted by molar-refractivity contribution is 7.89. The minimum absolute atomic E-state index is 0.227. The lowest BCUT2D eigenvalue weighted by Gasteiger charge is -2.22. The molecule has 0 saturated heterocycles. The molecule has 1 aromatic rings. The maximum absolute atomic E-state index is 12.5. The smallest absolute Gasteiger partial charge is 0.402 e. The molecule has 1 aliphatic heterocycles. The number of halogens is 3. The Morgan fingerprint density at radius 3 is 2.67 bits per heavy atom. The van der Waals surface area contributed by atoms with Crippen LogP contribution in [0.5, 0.6) is 5.75 Å². The lowest BCUT2D eigenvalue weighted by atomic mass is 10.2. The number of sulfonamides is 1. The Balaban J connectivity index is 2.33. The molecule has 1 N–H and O–H groups in total. The normalized spacial score (nSPS) is 15.1. The van der Waals surface area contributed by atoms with Crippen LogP contribution >= 0.6 is 0 Å². The Morgan fingerprint density at radius 1 is 1.33 bits per heavy atom. The van der Waals surface area contributed by atoms with Crippen LogP contribution in [0.2, 0.25) is 0 Å². The van der Waals surface area contributed by atoms with Crippen molar-refractivity contribution in [2.75, 3.05) is 26.3 Å². The molecule has 0 aliphatic carbocycles. The van der Waals surface area contributed by atoms with Crippen LogP contribution in [-0.2, 0) is 16.4 Å². The van der Waals surface area contributed by atoms with Gasteiger partial charge in [-0.25, -0.2) is 8.42 Å². The zero-order valence-electron chi connectivity index (χ0n) is 10.9. The van der Waals surface area contributed by atoms with Crippen molar-refractivity contribution >= 4 is 10.0 Å². The van der Waals surface area contributed by atoms with E-state index in [4.69, 9.17) is 9.84 Å². The summed E-state index contributed by atoms with van der Waals surface area (Å²) >= 11 is 0. The van der Waals surface area contributed by atoms with E-state index in [2.05, 4.69) is 0 Å². The van der Waals surface area contributed by atoms with Crippen molar-refractivity contribution in [3.05, 3.63) is 23.8 Å². The van der Waals surface area contributed by atoms with E-state index in [1.807, 2.05) is 0 Å². The Kier molecular flexibility index (Phi) is 4.45. The van der Waals surface area contributed by atoms with E-state index in [1.165, 1.54) is 18.2 Å². The van der Waals surface area contributed by atoms with Crippen molar-refractivity contribution in [3.8, 4) is 5.75 Å². The fraction of sp³-hybridized carbons (Fsp3) is 0.500. The molecule has 9 heteroatoms. The molecule has 0 radical (unpaired) electrons. The van der Waals surface area contributed by atoms with Crippen LogP contribution < -0.4 is 4.74 Å². The molecule has 1 aliphatic rings. The topological polar surface area (TPSA) is 66.8 Å². The molecule has 0 atom stereocenters. The zero-order valence-corrected chi connectivity index (χ0v) is 11.7. The number of fused-ring (bicyclic) bond motifs is 1. The summed E-state index contributed by atoms with van der Waals surface area (Å²) in [6.45, 7) is -2.52. The molecule has 0 saturated carbocycles. The van der Waals surface area contributed by atoms with Crippen LogP contribution in [0, 0.1) is 0 Å². The third-order valence-corrected chi connectivity index (χ3v) is 4.84. The summed E-state index contributed by atoms with van der Waals surface area (Å²) in [4.78, 5) is -0.232. The first-order valence-electron chi connectivity index (χ1n) is 6.17. The number of alkyl halides is 3. The van der Waals surface area contributed by atoms with E-state index < -0.39 is 35.9 Å². The number of ether oxygens (including phenoxy) is 1. The highest BCUT2D eigenvalue weighted by Crippen LogP contribution is 2.29. The highest BCUT2D eigenvalue weighted by atomic mass is 32.2. The van der Waals surface area contributed by atoms with Gasteiger partial charge in [-0.1, -0.05) is 0 Å². The molecule has 0 bridgehead atoms. The van der Waals surface area contributed by atoms with Crippen LogP contribution in [0.3, 0.4) is 0 Å². The first kappa shape index (κ1) is 16.1. The summed E-state index contributed by atoms with van der Waals surface area (Å²) < 4.78 is 67.5. The Hall–Kier alpha value is -1.32. The molecule has 0 unspecified atom stereocenters. The predicted molar refractivity (Wildman–Crippen MR) is 67.5 cm³/mol. The molecule has 2 rings (SSSR count). The standard InChI is InChI=1S/C12H14F3NO4S/c13-12(14,15)8-16(4-5-17)21(18,19)10-1-2-11-9(7-10)3-6-20-11/h1-2,7,17H,3-6,8H2. The zero-order chi connectivity index (χ0) is 15.7. The van der Waals surface area contributed by atoms with Crippen LogP contribution in [0.4, 0.5) is 13.2 Å². The summed E-state index contributed by atoms with van der Waals surface area (Å²) in [7, 11) is -4.32. The molecule has 1 heterocycles. The molecule has 0 amide bonds. The largest absolute Gasteiger partial charge is 0.493 e. The predicted octanol–water partition coefficient (Wildman–Crippen LogP) is 1.17. The van der Waals surface area contributed by atoms with E-state index in [9.17, 15) is 21.6 Å². The number of aliphatic hydroxyl groups is 1. The average Bonchev–Trinajstić information content (AvgIpc) is 2.83. The van der Waals surface area contributed by atoms with Gasteiger partial charge in [0.1, 0.15) is 12.3 Å². The number of rotatable bonds is 5. The summed E-state index contributed by atoms with van der Waals surface area (Å²) in [5.41, 5.74) is 0.645. The molecule has 0 aromatic heterocycles. The second-order valence-corrected chi connectivity index (χ2v) is 6.48. The minimum Gasteiger partial charge on any atom is -0.493 e. The van der Waals surface area contributed by atoms with Crippen LogP contribution in [-0.4, -0.2) is 50.3 Å². The van der Waals surface area contributed by atoms with Crippen molar-refractivity contribution in [2.45, 2.75) is 17.5 Å². The van der Waals surface area contributed by atoms with Gasteiger partial charge in [-0.15, -0.1) is 0 Å². The molecule has 1 aromatic carbocycles. The van der Waals surface area contributed by atoms with Crippen molar-refractivity contribution in [1.82, 2.24) is 4.31 Å². The minimum atomic E-state index is -4.68. The molecule has 118 valence electrons. The van der Waals surface area contributed by atoms with E-state index in [0.29, 0.717) is 24.3 Å². The Labute approximate surface area is 120 Å². The number of nitrogens with zero attached hydrogens (tertiary/aromatic N) is 1. The number of benzene rings is 1. The highest BCUT2D eigenvalue weighted by Gasteiger charge is 2.37. The van der Waals surface area contributed by atoms with Crippen molar-refractivity contribution < 1.29 is 31.4 Å². The fourth-order valence-electron chi connectivity index (χ4n) is 2.07. The molecule has 0 spiro atoms. The van der Waals surface area contributed by atoms with E-state index in [0.717, 1.165) is 0 Å². The third kappa shape index (κ3) is 3.66. The van der Waals surface area contributed by atoms with Gasteiger partial charge in [0.25, 0.3) is 0 Å². The lowest BCUT2D eigenvalue weighted by molar-refractivity contribution is -0.136. The fourth-order valence-corrected chi connectivity index (χ4v) is 3.54. The first-order valence-corrected chi connectivity index (χ1v) is 7.61. The van der Waals surface area contributed by atoms with E-state index >= 15 is 0 Å². The van der Waals surface area contributed by atoms with E-state index in [-0.39, 0.29) is 9.20 Å². The van der Waals surface area contributed by atoms with Gasteiger partial charge in [0.05, 0.1) is 18.1 Å². The second kappa shape index (κ2) is 5.82. The summed E-state index contributed by atoms with van der Waals surface area (Å²) in [5.74, 6) is 0.540. The molecule has 5 nitrogen and oxygen atoms in total. The van der Waals surface area contributed by atoms with Gasteiger partial charge in [0, 0.05) is 13.0 Å². The lowest BCUT2D eigenvalue weighted by Crippen LogP contribution is -2.40. The quantitative estimate of drug-likeness (QED) is 0.882. The number of aliphatic hydroxyl groups excluding tert-OH is 1. The van der Waals surface area contributed by atoms with Crippen molar-refractivity contribution in [3.63, 3.8) is 0 Å². The molecular formula is C12H14F3NO4S. The van der Waals surface area contributed by atoms with Crippen LogP contribution in [0.25, 0.3) is 0 Å². The van der Waals surface area contributed by atoms with Gasteiger partial charge in [0.15, 0.2) is 0 Å². The van der Waals surface area contributed by atoms with Crippen LogP contribution in [0.1, 0.15) is 5.56 Å². The van der Waals surface area contributed by atoms with Crippen LogP contribution in [0.15, 0.2) is 23.1 Å². The van der Waals surface area contributed by atoms with Crippen molar-refractivity contribution in [2.24, 2.45) is 0 Å². The monoisotopic (exact) mass is 325 g/mol. The molecule has 21 heavy (non-hydrogen) atoms. The van der Waals surface area contributed by atoms with Gasteiger partial charge >= 0.3 is 6.18 Å². The second-order valence-electron chi connectivity index (χ2n) is 4.55. The van der Waals surface area contributed by atoms with Gasteiger partial charge in [0.2, 0.25) is 10.0 Å². The van der Waals surface area contributed by atoms with Crippen molar-refractivity contribution in [1.29, 1.82) is 0 Å². The summed E-state index contributed by atoms with van der Waals surface area (Å²) in [5, 5.41) is 8.81. The summed E-state index contributed by atoms with van der Waals surface area (Å²) in [6.07, 6.45) is -4.17. The number of hydrogen-bond donors (Lipinski definition) is 1. The number of hydrogen-bond acceptors (Lipinski definition) is 4.